The first-order valence-electron chi connectivity index (χ1n) is 7.05. The number of hydrogen-bond acceptors (Lipinski definition) is 4. The van der Waals surface area contributed by atoms with Gasteiger partial charge in [-0.15, -0.1) is 0 Å². The van der Waals surface area contributed by atoms with E-state index in [4.69, 9.17) is 5.26 Å². The fourth-order valence-electron chi connectivity index (χ4n) is 2.09. The van der Waals surface area contributed by atoms with Gasteiger partial charge in [-0.05, 0) is 32.1 Å². The number of pyridine rings is 1. The maximum atomic E-state index is 13.1. The van der Waals surface area contributed by atoms with E-state index in [1.165, 1.54) is 38.3 Å². The van der Waals surface area contributed by atoms with Crippen LogP contribution in [0.25, 0.3) is 0 Å². The SMILES string of the molecule is CC(C)(C#N)NC(=O)c1cc(N2CC=CC=C2C(F)(F)F)ccn1. The minimum atomic E-state index is -4.51. The number of nitriles is 1. The number of amides is 1. The summed E-state index contributed by atoms with van der Waals surface area (Å²) in [6.07, 6.45) is 0.634. The summed E-state index contributed by atoms with van der Waals surface area (Å²) in [6.45, 7) is 3.05. The number of carbonyl (C=O) groups excluding carboxylic acids is 1. The second-order valence-electron chi connectivity index (χ2n) is 5.68. The Morgan fingerprint density at radius 2 is 2.12 bits per heavy atom. The highest BCUT2D eigenvalue weighted by Crippen LogP contribution is 2.33. The number of aromatic nitrogens is 1. The van der Waals surface area contributed by atoms with Crippen LogP contribution in [0.1, 0.15) is 24.3 Å². The lowest BCUT2D eigenvalue weighted by Gasteiger charge is -2.29. The molecule has 126 valence electrons. The highest BCUT2D eigenvalue weighted by molar-refractivity contribution is 5.94. The second kappa shape index (κ2) is 6.35. The van der Waals surface area contributed by atoms with Gasteiger partial charge in [0.2, 0.25) is 0 Å². The van der Waals surface area contributed by atoms with Gasteiger partial charge in [0.15, 0.2) is 0 Å². The molecule has 0 saturated heterocycles. The van der Waals surface area contributed by atoms with Crippen LogP contribution in [-0.2, 0) is 0 Å². The van der Waals surface area contributed by atoms with Crippen molar-refractivity contribution in [3.8, 4) is 6.07 Å². The topological polar surface area (TPSA) is 69.0 Å². The first-order chi connectivity index (χ1) is 11.1. The molecule has 0 aromatic carbocycles. The van der Waals surface area contributed by atoms with Crippen molar-refractivity contribution in [2.75, 3.05) is 11.4 Å². The molecule has 2 rings (SSSR count). The van der Waals surface area contributed by atoms with E-state index < -0.39 is 23.3 Å². The normalized spacial score (nSPS) is 14.8. The average molecular weight is 336 g/mol. The van der Waals surface area contributed by atoms with E-state index in [9.17, 15) is 18.0 Å². The van der Waals surface area contributed by atoms with Crippen molar-refractivity contribution >= 4 is 11.6 Å². The van der Waals surface area contributed by atoms with E-state index >= 15 is 0 Å². The quantitative estimate of drug-likeness (QED) is 0.921. The first kappa shape index (κ1) is 17.5. The molecule has 0 fully saturated rings. The minimum absolute atomic E-state index is 0.0279. The van der Waals surface area contributed by atoms with Gasteiger partial charge in [0.05, 0.1) is 6.07 Å². The van der Waals surface area contributed by atoms with E-state index in [0.29, 0.717) is 0 Å². The molecule has 1 aromatic rings. The maximum absolute atomic E-state index is 13.1. The van der Waals surface area contributed by atoms with Crippen molar-refractivity contribution in [1.82, 2.24) is 10.3 Å². The van der Waals surface area contributed by atoms with Gasteiger partial charge < -0.3 is 10.2 Å². The monoisotopic (exact) mass is 336 g/mol. The van der Waals surface area contributed by atoms with Crippen LogP contribution >= 0.6 is 0 Å². The average Bonchev–Trinajstić information content (AvgIpc) is 2.54. The van der Waals surface area contributed by atoms with Crippen LogP contribution in [-0.4, -0.2) is 29.2 Å². The number of nitrogens with one attached hydrogen (secondary N) is 1. The predicted octanol–water partition coefficient (Wildman–Crippen LogP) is 2.94. The van der Waals surface area contributed by atoms with Crippen LogP contribution in [0.4, 0.5) is 18.9 Å². The molecular weight excluding hydrogens is 321 g/mol. The molecule has 1 N–H and O–H groups in total. The zero-order chi connectivity index (χ0) is 18.0. The summed E-state index contributed by atoms with van der Waals surface area (Å²) in [5.74, 6) is -0.631. The summed E-state index contributed by atoms with van der Waals surface area (Å²) in [5.41, 5.74) is -1.80. The molecule has 1 aromatic heterocycles. The molecule has 5 nitrogen and oxygen atoms in total. The molecule has 24 heavy (non-hydrogen) atoms. The van der Waals surface area contributed by atoms with Crippen LogP contribution in [0.3, 0.4) is 0 Å². The fraction of sp³-hybridized carbons (Fsp3) is 0.312. The third kappa shape index (κ3) is 3.93. The third-order valence-corrected chi connectivity index (χ3v) is 3.25. The first-order valence-corrected chi connectivity index (χ1v) is 7.05. The summed E-state index contributed by atoms with van der Waals surface area (Å²) >= 11 is 0. The summed E-state index contributed by atoms with van der Waals surface area (Å²) in [6, 6.07) is 4.57. The lowest BCUT2D eigenvalue weighted by molar-refractivity contribution is -0.0933. The number of nitrogens with zero attached hydrogens (tertiary/aromatic N) is 3. The summed E-state index contributed by atoms with van der Waals surface area (Å²) in [7, 11) is 0. The van der Waals surface area contributed by atoms with Crippen LogP contribution in [0.5, 0.6) is 0 Å². The van der Waals surface area contributed by atoms with Crippen molar-refractivity contribution in [3.63, 3.8) is 0 Å². The number of allylic oxidation sites excluding steroid dienone is 3. The third-order valence-electron chi connectivity index (χ3n) is 3.25. The molecule has 1 amide bonds. The van der Waals surface area contributed by atoms with E-state index in [0.717, 1.165) is 11.0 Å². The number of alkyl halides is 3. The van der Waals surface area contributed by atoms with Gasteiger partial charge in [-0.1, -0.05) is 12.2 Å². The highest BCUT2D eigenvalue weighted by Gasteiger charge is 2.38. The van der Waals surface area contributed by atoms with Gasteiger partial charge in [-0.25, -0.2) is 0 Å². The van der Waals surface area contributed by atoms with Crippen molar-refractivity contribution in [2.24, 2.45) is 0 Å². The molecule has 0 unspecified atom stereocenters. The molecule has 2 heterocycles. The Morgan fingerprint density at radius 1 is 1.42 bits per heavy atom. The van der Waals surface area contributed by atoms with E-state index in [1.807, 2.05) is 6.07 Å². The minimum Gasteiger partial charge on any atom is -0.333 e. The molecule has 0 atom stereocenters. The van der Waals surface area contributed by atoms with Gasteiger partial charge in [0, 0.05) is 18.4 Å². The Hall–Kier alpha value is -2.82. The summed E-state index contributed by atoms with van der Waals surface area (Å²) in [5, 5.41) is 11.4. The Morgan fingerprint density at radius 3 is 2.75 bits per heavy atom. The highest BCUT2D eigenvalue weighted by atomic mass is 19.4. The zero-order valence-electron chi connectivity index (χ0n) is 13.1. The maximum Gasteiger partial charge on any atom is 0.431 e. The Balaban J connectivity index is 2.31. The van der Waals surface area contributed by atoms with Crippen LogP contribution in [0, 0.1) is 11.3 Å². The van der Waals surface area contributed by atoms with Crippen molar-refractivity contribution in [3.05, 3.63) is 47.9 Å². The number of carbonyl (C=O) groups is 1. The van der Waals surface area contributed by atoms with Gasteiger partial charge in [-0.2, -0.15) is 18.4 Å². The molecule has 0 saturated carbocycles. The molecule has 8 heteroatoms. The number of halogens is 3. The Bertz CT molecular complexity index is 744. The van der Waals surface area contributed by atoms with Crippen molar-refractivity contribution < 1.29 is 18.0 Å². The van der Waals surface area contributed by atoms with E-state index in [2.05, 4.69) is 10.3 Å². The van der Waals surface area contributed by atoms with Crippen molar-refractivity contribution in [1.29, 1.82) is 5.26 Å². The predicted molar refractivity (Wildman–Crippen MR) is 82.0 cm³/mol. The molecular formula is C16H15F3N4O. The summed E-state index contributed by atoms with van der Waals surface area (Å²) in [4.78, 5) is 17.1. The standard InChI is InChI=1S/C16H15F3N4O/c1-15(2,10-20)22-14(24)12-9-11(6-7-21-12)23-8-4-3-5-13(23)16(17,18)19/h3-7,9H,8H2,1-2H3,(H,22,24). The Labute approximate surface area is 137 Å². The van der Waals surface area contributed by atoms with Gasteiger partial charge >= 0.3 is 6.18 Å². The summed E-state index contributed by atoms with van der Waals surface area (Å²) < 4.78 is 39.4. The van der Waals surface area contributed by atoms with Crippen LogP contribution in [0.2, 0.25) is 0 Å². The van der Waals surface area contributed by atoms with E-state index in [1.54, 1.807) is 6.08 Å². The molecule has 1 aliphatic rings. The molecule has 1 aliphatic heterocycles. The van der Waals surface area contributed by atoms with Gasteiger partial charge in [0.25, 0.3) is 5.91 Å². The largest absolute Gasteiger partial charge is 0.431 e. The molecule has 0 aliphatic carbocycles. The van der Waals surface area contributed by atoms with Crippen LogP contribution < -0.4 is 10.2 Å². The number of rotatable bonds is 3. The number of anilines is 1. The molecule has 0 spiro atoms. The second-order valence-corrected chi connectivity index (χ2v) is 5.68. The molecule has 0 radical (unpaired) electrons. The van der Waals surface area contributed by atoms with Crippen LogP contribution in [0.15, 0.2) is 42.3 Å². The molecule has 0 bridgehead atoms. The number of hydrogen-bond donors (Lipinski definition) is 1. The lowest BCUT2D eigenvalue weighted by atomic mass is 10.1. The fourth-order valence-corrected chi connectivity index (χ4v) is 2.09. The zero-order valence-corrected chi connectivity index (χ0v) is 13.1. The smallest absolute Gasteiger partial charge is 0.333 e. The lowest BCUT2D eigenvalue weighted by Crippen LogP contribution is -2.42. The van der Waals surface area contributed by atoms with Gasteiger partial charge in [-0.3, -0.25) is 9.78 Å². The van der Waals surface area contributed by atoms with E-state index in [-0.39, 0.29) is 17.9 Å². The van der Waals surface area contributed by atoms with Gasteiger partial charge in [0.1, 0.15) is 16.9 Å². The van der Waals surface area contributed by atoms with Crippen molar-refractivity contribution in [2.45, 2.75) is 25.6 Å². The Kier molecular flexibility index (Phi) is 4.64.